The zero-order valence-corrected chi connectivity index (χ0v) is 18.8. The van der Waals surface area contributed by atoms with Gasteiger partial charge in [0.1, 0.15) is 17.0 Å². The quantitative estimate of drug-likeness (QED) is 0.361. The molecule has 0 aliphatic carbocycles. The number of fused-ring (bicyclic) bond motifs is 1. The maximum absolute atomic E-state index is 14.5. The van der Waals surface area contributed by atoms with Gasteiger partial charge in [0.2, 0.25) is 0 Å². The van der Waals surface area contributed by atoms with Crippen LogP contribution in [-0.2, 0) is 13.1 Å². The van der Waals surface area contributed by atoms with Crippen molar-refractivity contribution in [3.63, 3.8) is 0 Å². The highest BCUT2D eigenvalue weighted by Gasteiger charge is 2.15. The van der Waals surface area contributed by atoms with E-state index in [0.29, 0.717) is 11.2 Å². The number of hydrogen-bond acceptors (Lipinski definition) is 3. The van der Waals surface area contributed by atoms with Gasteiger partial charge in [-0.05, 0) is 59.7 Å². The molecule has 5 aromatic rings. The summed E-state index contributed by atoms with van der Waals surface area (Å²) in [5.74, 6) is -3.19. The number of rotatable bonds is 6. The monoisotopic (exact) mass is 488 g/mol. The van der Waals surface area contributed by atoms with Gasteiger partial charge < -0.3 is 14.9 Å². The second kappa shape index (κ2) is 9.53. The fourth-order valence-corrected chi connectivity index (χ4v) is 4.01. The smallest absolute Gasteiger partial charge is 0.263 e. The molecule has 0 saturated heterocycles. The van der Waals surface area contributed by atoms with Crippen molar-refractivity contribution in [3.8, 4) is 11.1 Å². The highest BCUT2D eigenvalue weighted by Crippen LogP contribution is 2.28. The van der Waals surface area contributed by atoms with Gasteiger partial charge >= 0.3 is 0 Å². The molecule has 0 saturated carbocycles. The van der Waals surface area contributed by atoms with Crippen molar-refractivity contribution in [2.75, 3.05) is 0 Å². The molecule has 3 aromatic heterocycles. The molecule has 2 N–H and O–H groups in total. The largest absolute Gasteiger partial charge is 0.348 e. The van der Waals surface area contributed by atoms with Crippen molar-refractivity contribution in [1.82, 2.24) is 19.9 Å². The molecule has 0 fully saturated rings. The average molecular weight is 488 g/mol. The third kappa shape index (κ3) is 4.50. The number of benzene rings is 2. The van der Waals surface area contributed by atoms with Crippen LogP contribution >= 0.6 is 0 Å². The number of carbonyl (C=O) groups excluding carboxylic acids is 1. The van der Waals surface area contributed by atoms with Crippen LogP contribution in [0, 0.1) is 17.5 Å². The lowest BCUT2D eigenvalue weighted by Crippen LogP contribution is -2.32. The Morgan fingerprint density at radius 3 is 2.64 bits per heavy atom. The Balaban J connectivity index is 1.35. The van der Waals surface area contributed by atoms with Crippen LogP contribution in [-0.4, -0.2) is 20.4 Å². The Bertz CT molecular complexity index is 1660. The van der Waals surface area contributed by atoms with Crippen LogP contribution in [0.1, 0.15) is 21.5 Å². The van der Waals surface area contributed by atoms with Gasteiger partial charge in [-0.15, -0.1) is 0 Å². The fraction of sp³-hybridized carbons (Fsp3) is 0.0741. The molecular formula is C27H19F3N4O2. The summed E-state index contributed by atoms with van der Waals surface area (Å²) >= 11 is 0. The molecule has 0 atom stereocenters. The van der Waals surface area contributed by atoms with Crippen LogP contribution in [0.4, 0.5) is 13.2 Å². The molecular weight excluding hydrogens is 469 g/mol. The van der Waals surface area contributed by atoms with E-state index in [1.807, 2.05) is 12.1 Å². The number of nitrogens with zero attached hydrogens (tertiary/aromatic N) is 2. The van der Waals surface area contributed by atoms with Crippen molar-refractivity contribution in [2.45, 2.75) is 13.1 Å². The Labute approximate surface area is 203 Å². The number of pyridine rings is 2. The zero-order chi connectivity index (χ0) is 25.2. The lowest BCUT2D eigenvalue weighted by atomic mass is 10.0. The van der Waals surface area contributed by atoms with E-state index in [-0.39, 0.29) is 24.2 Å². The van der Waals surface area contributed by atoms with Crippen LogP contribution < -0.4 is 10.9 Å². The molecule has 0 aliphatic heterocycles. The maximum atomic E-state index is 14.5. The lowest BCUT2D eigenvalue weighted by molar-refractivity contribution is 0.0948. The van der Waals surface area contributed by atoms with Crippen LogP contribution in [0.5, 0.6) is 0 Å². The van der Waals surface area contributed by atoms with Gasteiger partial charge in [-0.1, -0.05) is 12.1 Å². The van der Waals surface area contributed by atoms with E-state index < -0.39 is 28.9 Å². The summed E-state index contributed by atoms with van der Waals surface area (Å²) in [6.45, 7) is -0.191. The second-order valence-electron chi connectivity index (χ2n) is 8.19. The minimum atomic E-state index is -1.03. The first kappa shape index (κ1) is 23.1. The number of halogens is 3. The lowest BCUT2D eigenvalue weighted by Gasteiger charge is -2.11. The van der Waals surface area contributed by atoms with E-state index in [2.05, 4.69) is 15.3 Å². The van der Waals surface area contributed by atoms with Gasteiger partial charge in [-0.2, -0.15) is 0 Å². The van der Waals surface area contributed by atoms with E-state index in [4.69, 9.17) is 0 Å². The Morgan fingerprint density at radius 1 is 0.972 bits per heavy atom. The molecule has 0 unspecified atom stereocenters. The maximum Gasteiger partial charge on any atom is 0.263 e. The SMILES string of the molecule is O=C(NCc1cc(-c2c[nH]c3ncccc23)ccc1F)c1cccn(Cc2ccc(F)c(F)c2)c1=O. The number of H-pyrrole nitrogens is 1. The van der Waals surface area contributed by atoms with E-state index in [1.54, 1.807) is 24.5 Å². The second-order valence-corrected chi connectivity index (χ2v) is 8.19. The van der Waals surface area contributed by atoms with Crippen molar-refractivity contribution in [1.29, 1.82) is 0 Å². The van der Waals surface area contributed by atoms with Gasteiger partial charge in [0.15, 0.2) is 11.6 Å². The zero-order valence-electron chi connectivity index (χ0n) is 18.8. The molecule has 5 rings (SSSR count). The summed E-state index contributed by atoms with van der Waals surface area (Å²) in [7, 11) is 0. The predicted octanol–water partition coefficient (Wildman–Crippen LogP) is 4.79. The minimum Gasteiger partial charge on any atom is -0.348 e. The van der Waals surface area contributed by atoms with Gasteiger partial charge in [0, 0.05) is 41.6 Å². The Hall–Kier alpha value is -4.66. The van der Waals surface area contributed by atoms with E-state index in [9.17, 15) is 22.8 Å². The van der Waals surface area contributed by atoms with Crippen molar-refractivity contribution in [2.24, 2.45) is 0 Å². The molecule has 0 bridgehead atoms. The summed E-state index contributed by atoms with van der Waals surface area (Å²) in [5.41, 5.74) is 2.13. The van der Waals surface area contributed by atoms with Gasteiger partial charge in [-0.25, -0.2) is 18.2 Å². The molecule has 6 nitrogen and oxygen atoms in total. The predicted molar refractivity (Wildman–Crippen MR) is 129 cm³/mol. The fourth-order valence-electron chi connectivity index (χ4n) is 4.01. The first-order chi connectivity index (χ1) is 17.4. The third-order valence-electron chi connectivity index (χ3n) is 5.85. The molecule has 0 aliphatic rings. The van der Waals surface area contributed by atoms with Crippen LogP contribution in [0.3, 0.4) is 0 Å². The topological polar surface area (TPSA) is 79.8 Å². The summed E-state index contributed by atoms with van der Waals surface area (Å²) in [6.07, 6.45) is 4.90. The molecule has 2 aromatic carbocycles. The normalized spacial score (nSPS) is 11.1. The Kier molecular flexibility index (Phi) is 6.12. The Morgan fingerprint density at radius 2 is 1.81 bits per heavy atom. The number of carbonyl (C=O) groups is 1. The number of nitrogens with one attached hydrogen (secondary N) is 2. The number of hydrogen-bond donors (Lipinski definition) is 2. The summed E-state index contributed by atoms with van der Waals surface area (Å²) in [4.78, 5) is 32.9. The van der Waals surface area contributed by atoms with E-state index in [0.717, 1.165) is 28.6 Å². The molecule has 9 heteroatoms. The molecule has 1 amide bonds. The van der Waals surface area contributed by atoms with Crippen LogP contribution in [0.25, 0.3) is 22.2 Å². The highest BCUT2D eigenvalue weighted by atomic mass is 19.2. The van der Waals surface area contributed by atoms with Gasteiger partial charge in [0.25, 0.3) is 11.5 Å². The highest BCUT2D eigenvalue weighted by molar-refractivity contribution is 5.94. The van der Waals surface area contributed by atoms with E-state index in [1.165, 1.54) is 35.0 Å². The van der Waals surface area contributed by atoms with Crippen LogP contribution in [0.15, 0.2) is 84.0 Å². The number of aromatic amines is 1. The first-order valence-electron chi connectivity index (χ1n) is 11.0. The first-order valence-corrected chi connectivity index (χ1v) is 11.0. The molecule has 36 heavy (non-hydrogen) atoms. The molecule has 180 valence electrons. The number of amides is 1. The standard InChI is InChI=1S/C27H19F3N4O2/c28-22-8-6-17(21-14-32-25-19(21)3-1-9-31-25)12-18(22)13-33-26(35)20-4-2-10-34(27(20)36)15-16-5-7-23(29)24(30)11-16/h1-12,14H,13,15H2,(H,31,32)(H,33,35). The summed E-state index contributed by atoms with van der Waals surface area (Å²) in [6, 6.07) is 14.5. The minimum absolute atomic E-state index is 0.0483. The molecule has 0 radical (unpaired) electrons. The van der Waals surface area contributed by atoms with Gasteiger partial charge in [-0.3, -0.25) is 9.59 Å². The van der Waals surface area contributed by atoms with Crippen LogP contribution in [0.2, 0.25) is 0 Å². The van der Waals surface area contributed by atoms with E-state index >= 15 is 0 Å². The summed E-state index contributed by atoms with van der Waals surface area (Å²) < 4.78 is 42.4. The van der Waals surface area contributed by atoms with Crippen molar-refractivity contribution < 1.29 is 18.0 Å². The van der Waals surface area contributed by atoms with Gasteiger partial charge in [0.05, 0.1) is 6.54 Å². The molecule has 0 spiro atoms. The van der Waals surface area contributed by atoms with Crippen molar-refractivity contribution in [3.05, 3.63) is 124 Å². The molecule has 3 heterocycles. The third-order valence-corrected chi connectivity index (χ3v) is 5.85. The average Bonchev–Trinajstić information content (AvgIpc) is 3.31. The van der Waals surface area contributed by atoms with Crippen molar-refractivity contribution >= 4 is 16.9 Å². The number of aromatic nitrogens is 3. The summed E-state index contributed by atoms with van der Waals surface area (Å²) in [5, 5.41) is 3.47.